The molecule has 0 spiro atoms. The zero-order chi connectivity index (χ0) is 17.9. The molecule has 2 heterocycles. The number of aliphatic hydroxyl groups is 1. The first-order valence-electron chi connectivity index (χ1n) is 8.49. The minimum Gasteiger partial charge on any atom is -0.393 e. The fraction of sp³-hybridized carbons (Fsp3) is 0.333. The van der Waals surface area contributed by atoms with Crippen LogP contribution in [-0.4, -0.2) is 39.1 Å². The van der Waals surface area contributed by atoms with Gasteiger partial charge in [-0.3, -0.25) is 4.79 Å². The predicted octanol–water partition coefficient (Wildman–Crippen LogP) is 2.86. The van der Waals surface area contributed by atoms with E-state index >= 15 is 0 Å². The number of aliphatic hydroxyl groups excluding tert-OH is 1. The van der Waals surface area contributed by atoms with Crippen LogP contribution in [0.2, 0.25) is 0 Å². The molecule has 2 aromatic rings. The van der Waals surface area contributed by atoms with Crippen molar-refractivity contribution in [2.45, 2.75) is 38.3 Å². The third-order valence-corrected chi connectivity index (χ3v) is 4.50. The lowest BCUT2D eigenvalue weighted by atomic mass is 9.88. The quantitative estimate of drug-likeness (QED) is 0.816. The molecule has 4 heteroatoms. The summed E-state index contributed by atoms with van der Waals surface area (Å²) in [5, 5.41) is 9.84. The number of amides is 1. The summed E-state index contributed by atoms with van der Waals surface area (Å²) in [6.45, 7) is 4.50. The van der Waals surface area contributed by atoms with E-state index in [4.69, 9.17) is 0 Å². The van der Waals surface area contributed by atoms with Gasteiger partial charge in [-0.05, 0) is 51.0 Å². The third kappa shape index (κ3) is 4.07. The zero-order valence-corrected chi connectivity index (χ0v) is 14.6. The molecule has 0 unspecified atom stereocenters. The fourth-order valence-corrected chi connectivity index (χ4v) is 3.14. The second-order valence-corrected chi connectivity index (χ2v) is 6.96. The molecule has 1 N–H and O–H groups in total. The molecule has 1 aromatic heterocycles. The number of pyridine rings is 1. The largest absolute Gasteiger partial charge is 0.393 e. The van der Waals surface area contributed by atoms with E-state index in [2.05, 4.69) is 16.8 Å². The number of carbonyl (C=O) groups is 1. The molecule has 128 valence electrons. The van der Waals surface area contributed by atoms with E-state index in [1.54, 1.807) is 17.2 Å². The van der Waals surface area contributed by atoms with E-state index in [9.17, 15) is 9.90 Å². The van der Waals surface area contributed by atoms with Crippen LogP contribution >= 0.6 is 0 Å². The number of benzene rings is 1. The van der Waals surface area contributed by atoms with Gasteiger partial charge in [-0.25, -0.2) is 4.98 Å². The second kappa shape index (κ2) is 7.08. The summed E-state index contributed by atoms with van der Waals surface area (Å²) >= 11 is 0. The van der Waals surface area contributed by atoms with Crippen LogP contribution in [0.3, 0.4) is 0 Å². The summed E-state index contributed by atoms with van der Waals surface area (Å²) in [6.07, 6.45) is 2.48. The van der Waals surface area contributed by atoms with Crippen LogP contribution in [-0.2, 0) is 0 Å². The minimum absolute atomic E-state index is 0.0977. The standard InChI is InChI=1S/C21H22N2O2/c1-21(2)14-18(24)12-13-23(21)20(25)19-11-10-17(15-22-19)9-8-16-6-4-3-5-7-16/h3-7,10-11,15,18,24H,12-14H2,1-2H3/t18-/m0/s1. The maximum absolute atomic E-state index is 12.8. The Labute approximate surface area is 148 Å². The Morgan fingerprint density at radius 2 is 1.88 bits per heavy atom. The third-order valence-electron chi connectivity index (χ3n) is 4.50. The van der Waals surface area contributed by atoms with Crippen molar-refractivity contribution in [3.63, 3.8) is 0 Å². The zero-order valence-electron chi connectivity index (χ0n) is 14.6. The van der Waals surface area contributed by atoms with Crippen LogP contribution in [0.4, 0.5) is 0 Å². The lowest BCUT2D eigenvalue weighted by Crippen LogP contribution is -2.54. The Morgan fingerprint density at radius 1 is 1.16 bits per heavy atom. The van der Waals surface area contributed by atoms with Crippen molar-refractivity contribution in [1.29, 1.82) is 0 Å². The smallest absolute Gasteiger partial charge is 0.272 e. The summed E-state index contributed by atoms with van der Waals surface area (Å²) in [4.78, 5) is 18.9. The molecule has 1 atom stereocenters. The number of hydrogen-bond donors (Lipinski definition) is 1. The predicted molar refractivity (Wildman–Crippen MR) is 97.0 cm³/mol. The van der Waals surface area contributed by atoms with Crippen molar-refractivity contribution in [1.82, 2.24) is 9.88 Å². The normalized spacial score (nSPS) is 19.0. The topological polar surface area (TPSA) is 53.4 Å². The van der Waals surface area contributed by atoms with E-state index < -0.39 is 0 Å². The van der Waals surface area contributed by atoms with E-state index in [1.807, 2.05) is 50.2 Å². The van der Waals surface area contributed by atoms with Crippen molar-refractivity contribution in [2.75, 3.05) is 6.54 Å². The van der Waals surface area contributed by atoms with Gasteiger partial charge in [0, 0.05) is 29.4 Å². The van der Waals surface area contributed by atoms with Gasteiger partial charge in [0.1, 0.15) is 5.69 Å². The van der Waals surface area contributed by atoms with Gasteiger partial charge in [0.25, 0.3) is 5.91 Å². The summed E-state index contributed by atoms with van der Waals surface area (Å²) in [7, 11) is 0. The number of piperidine rings is 1. The number of aromatic nitrogens is 1. The highest BCUT2D eigenvalue weighted by atomic mass is 16.3. The fourth-order valence-electron chi connectivity index (χ4n) is 3.14. The molecule has 0 bridgehead atoms. The molecular weight excluding hydrogens is 312 g/mol. The molecule has 1 fully saturated rings. The van der Waals surface area contributed by atoms with Crippen LogP contribution in [0.5, 0.6) is 0 Å². The van der Waals surface area contributed by atoms with Crippen LogP contribution in [0, 0.1) is 11.8 Å². The summed E-state index contributed by atoms with van der Waals surface area (Å²) in [6, 6.07) is 13.3. The van der Waals surface area contributed by atoms with E-state index in [1.165, 1.54) is 0 Å². The molecule has 3 rings (SSSR count). The number of carbonyl (C=O) groups excluding carboxylic acids is 1. The highest BCUT2D eigenvalue weighted by Gasteiger charge is 2.37. The molecule has 4 nitrogen and oxygen atoms in total. The molecule has 0 aliphatic carbocycles. The Kier molecular flexibility index (Phi) is 4.87. The molecule has 1 aliphatic heterocycles. The second-order valence-electron chi connectivity index (χ2n) is 6.96. The first-order valence-corrected chi connectivity index (χ1v) is 8.49. The van der Waals surface area contributed by atoms with Gasteiger partial charge in [0.15, 0.2) is 0 Å². The summed E-state index contributed by atoms with van der Waals surface area (Å²) < 4.78 is 0. The lowest BCUT2D eigenvalue weighted by molar-refractivity contribution is 0.00292. The maximum Gasteiger partial charge on any atom is 0.272 e. The molecule has 1 saturated heterocycles. The van der Waals surface area contributed by atoms with Crippen molar-refractivity contribution in [3.05, 3.63) is 65.5 Å². The molecular formula is C21H22N2O2. The van der Waals surface area contributed by atoms with E-state index in [0.29, 0.717) is 25.1 Å². The SMILES string of the molecule is CC1(C)C[C@@H](O)CCN1C(=O)c1ccc(C#Cc2ccccc2)cn1. The molecule has 25 heavy (non-hydrogen) atoms. The van der Waals surface area contributed by atoms with E-state index in [-0.39, 0.29) is 17.6 Å². The molecule has 1 aromatic carbocycles. The number of hydrogen-bond acceptors (Lipinski definition) is 3. The minimum atomic E-state index is -0.373. The van der Waals surface area contributed by atoms with Gasteiger partial charge in [-0.2, -0.15) is 0 Å². The Hall–Kier alpha value is -2.64. The monoisotopic (exact) mass is 334 g/mol. The van der Waals surface area contributed by atoms with Crippen molar-refractivity contribution < 1.29 is 9.90 Å². The van der Waals surface area contributed by atoms with Gasteiger partial charge >= 0.3 is 0 Å². The lowest BCUT2D eigenvalue weighted by Gasteiger charge is -2.44. The Bertz CT molecular complexity index is 801. The van der Waals surface area contributed by atoms with Gasteiger partial charge in [0.2, 0.25) is 0 Å². The van der Waals surface area contributed by atoms with Gasteiger partial charge in [0.05, 0.1) is 6.10 Å². The highest BCUT2D eigenvalue weighted by molar-refractivity contribution is 5.93. The average Bonchev–Trinajstić information content (AvgIpc) is 2.60. The van der Waals surface area contributed by atoms with Gasteiger partial charge in [-0.1, -0.05) is 30.0 Å². The summed E-state index contributed by atoms with van der Waals surface area (Å²) in [5.74, 6) is 6.04. The van der Waals surface area contributed by atoms with Crippen LogP contribution in [0.25, 0.3) is 0 Å². The average molecular weight is 334 g/mol. The number of rotatable bonds is 1. The molecule has 0 radical (unpaired) electrons. The van der Waals surface area contributed by atoms with Gasteiger partial charge in [-0.15, -0.1) is 0 Å². The molecule has 1 amide bonds. The van der Waals surface area contributed by atoms with Crippen molar-refractivity contribution in [2.24, 2.45) is 0 Å². The van der Waals surface area contributed by atoms with Crippen LogP contribution in [0.1, 0.15) is 48.3 Å². The first-order chi connectivity index (χ1) is 12.0. The van der Waals surface area contributed by atoms with Crippen LogP contribution < -0.4 is 0 Å². The van der Waals surface area contributed by atoms with Crippen molar-refractivity contribution >= 4 is 5.91 Å². The van der Waals surface area contributed by atoms with Crippen LogP contribution in [0.15, 0.2) is 48.7 Å². The maximum atomic E-state index is 12.8. The highest BCUT2D eigenvalue weighted by Crippen LogP contribution is 2.28. The summed E-state index contributed by atoms with van der Waals surface area (Å²) in [5.41, 5.74) is 1.75. The Morgan fingerprint density at radius 3 is 2.52 bits per heavy atom. The first kappa shape index (κ1) is 17.2. The molecule has 0 saturated carbocycles. The number of nitrogens with zero attached hydrogens (tertiary/aromatic N) is 2. The Balaban J connectivity index is 1.74. The van der Waals surface area contributed by atoms with Gasteiger partial charge < -0.3 is 10.0 Å². The number of likely N-dealkylation sites (tertiary alicyclic amines) is 1. The molecule has 1 aliphatic rings. The van der Waals surface area contributed by atoms with E-state index in [0.717, 1.165) is 11.1 Å². The van der Waals surface area contributed by atoms with Crippen molar-refractivity contribution in [3.8, 4) is 11.8 Å².